The number of rotatable bonds is 5. The van der Waals surface area contributed by atoms with Crippen molar-refractivity contribution in [1.82, 2.24) is 14.8 Å². The highest BCUT2D eigenvalue weighted by Crippen LogP contribution is 2.33. The van der Waals surface area contributed by atoms with Gasteiger partial charge in [-0.2, -0.15) is 5.10 Å². The molecular weight excluding hydrogens is 347 g/mol. The number of esters is 1. The number of carbonyl (C=O) groups is 1. The molecule has 136 valence electrons. The molecule has 5 nitrogen and oxygen atoms in total. The zero-order valence-electron chi connectivity index (χ0n) is 14.2. The molecule has 0 aliphatic carbocycles. The van der Waals surface area contributed by atoms with E-state index in [1.807, 2.05) is 0 Å². The minimum Gasteiger partial charge on any atom is -0.465 e. The Hall–Kier alpha value is -2.90. The van der Waals surface area contributed by atoms with Crippen LogP contribution < -0.4 is 0 Å². The van der Waals surface area contributed by atoms with Crippen LogP contribution in [0.1, 0.15) is 24.6 Å². The van der Waals surface area contributed by atoms with Crippen LogP contribution >= 0.6 is 0 Å². The van der Waals surface area contributed by atoms with Gasteiger partial charge in [-0.3, -0.25) is 4.79 Å². The number of aromatic nitrogens is 3. The van der Waals surface area contributed by atoms with Crippen LogP contribution in [0.2, 0.25) is 0 Å². The largest absolute Gasteiger partial charge is 0.465 e. The molecule has 2 heterocycles. The molecule has 8 heteroatoms. The van der Waals surface area contributed by atoms with Crippen LogP contribution in [0.5, 0.6) is 0 Å². The Bertz CT molecular complexity index is 952. The lowest BCUT2D eigenvalue weighted by Crippen LogP contribution is -2.15. The zero-order chi connectivity index (χ0) is 18.8. The van der Waals surface area contributed by atoms with Crippen LogP contribution in [-0.2, 0) is 16.1 Å². The van der Waals surface area contributed by atoms with Gasteiger partial charge in [0.25, 0.3) is 6.43 Å². The van der Waals surface area contributed by atoms with Gasteiger partial charge in [0.05, 0.1) is 23.4 Å². The first kappa shape index (κ1) is 17.9. The normalized spacial score (nSPS) is 11.3. The molecule has 0 saturated heterocycles. The number of benzene rings is 1. The van der Waals surface area contributed by atoms with Crippen LogP contribution in [0, 0.1) is 12.7 Å². The maximum atomic E-state index is 13.6. The SMILES string of the molecule is CCOC(=O)Cn1nc(C)c2c(C(F)F)cc(-c3ccc(F)cc3)nc21. The van der Waals surface area contributed by atoms with Crippen molar-refractivity contribution < 1.29 is 22.7 Å². The van der Waals surface area contributed by atoms with E-state index in [4.69, 9.17) is 4.74 Å². The Morgan fingerprint density at radius 1 is 1.27 bits per heavy atom. The second-order valence-corrected chi connectivity index (χ2v) is 5.65. The van der Waals surface area contributed by atoms with E-state index < -0.39 is 18.2 Å². The molecule has 0 bridgehead atoms. The second kappa shape index (κ2) is 7.15. The van der Waals surface area contributed by atoms with E-state index in [1.165, 1.54) is 35.0 Å². The number of hydrogen-bond acceptors (Lipinski definition) is 4. The molecule has 0 aliphatic rings. The lowest BCUT2D eigenvalue weighted by molar-refractivity contribution is -0.143. The van der Waals surface area contributed by atoms with Gasteiger partial charge in [-0.1, -0.05) is 0 Å². The van der Waals surface area contributed by atoms with E-state index in [-0.39, 0.29) is 35.4 Å². The van der Waals surface area contributed by atoms with Gasteiger partial charge in [0.15, 0.2) is 5.65 Å². The maximum absolute atomic E-state index is 13.6. The lowest BCUT2D eigenvalue weighted by Gasteiger charge is -2.09. The summed E-state index contributed by atoms with van der Waals surface area (Å²) in [5.74, 6) is -0.975. The van der Waals surface area contributed by atoms with Crippen LogP contribution in [0.25, 0.3) is 22.3 Å². The van der Waals surface area contributed by atoms with Crippen molar-refractivity contribution in [2.45, 2.75) is 26.8 Å². The molecule has 0 spiro atoms. The van der Waals surface area contributed by atoms with Crippen LogP contribution in [0.15, 0.2) is 30.3 Å². The summed E-state index contributed by atoms with van der Waals surface area (Å²) in [4.78, 5) is 16.2. The van der Waals surface area contributed by atoms with Gasteiger partial charge < -0.3 is 4.74 Å². The maximum Gasteiger partial charge on any atom is 0.327 e. The molecule has 0 atom stereocenters. The second-order valence-electron chi connectivity index (χ2n) is 5.65. The van der Waals surface area contributed by atoms with Crippen molar-refractivity contribution in [3.8, 4) is 11.3 Å². The van der Waals surface area contributed by atoms with Gasteiger partial charge in [0, 0.05) is 11.1 Å². The first-order valence-corrected chi connectivity index (χ1v) is 7.98. The summed E-state index contributed by atoms with van der Waals surface area (Å²) in [6.07, 6.45) is -2.75. The van der Waals surface area contributed by atoms with E-state index in [0.717, 1.165) is 0 Å². The predicted molar refractivity (Wildman–Crippen MR) is 89.2 cm³/mol. The highest BCUT2D eigenvalue weighted by atomic mass is 19.3. The van der Waals surface area contributed by atoms with Crippen molar-refractivity contribution >= 4 is 17.0 Å². The van der Waals surface area contributed by atoms with E-state index in [0.29, 0.717) is 11.3 Å². The average Bonchev–Trinajstić information content (AvgIpc) is 2.90. The Morgan fingerprint density at radius 2 is 1.96 bits per heavy atom. The minimum atomic E-state index is -2.75. The fourth-order valence-corrected chi connectivity index (χ4v) is 2.77. The molecule has 0 unspecified atom stereocenters. The van der Waals surface area contributed by atoms with Gasteiger partial charge in [-0.05, 0) is 44.2 Å². The highest BCUT2D eigenvalue weighted by molar-refractivity contribution is 5.86. The van der Waals surface area contributed by atoms with Crippen LogP contribution in [-0.4, -0.2) is 27.3 Å². The van der Waals surface area contributed by atoms with E-state index in [2.05, 4.69) is 10.1 Å². The Labute approximate surface area is 147 Å². The molecule has 3 aromatic rings. The molecule has 0 radical (unpaired) electrons. The van der Waals surface area contributed by atoms with Crippen molar-refractivity contribution in [1.29, 1.82) is 0 Å². The number of aryl methyl sites for hydroxylation is 1. The number of pyridine rings is 1. The van der Waals surface area contributed by atoms with Gasteiger partial charge in [0.1, 0.15) is 12.4 Å². The predicted octanol–water partition coefficient (Wildman–Crippen LogP) is 4.05. The number of alkyl halides is 2. The number of halogens is 3. The van der Waals surface area contributed by atoms with Gasteiger partial charge in [-0.25, -0.2) is 22.8 Å². The standard InChI is InChI=1S/C18H16F3N3O2/c1-3-26-15(25)9-24-18-16(10(2)23-24)13(17(20)21)8-14(22-18)11-4-6-12(19)7-5-11/h4-8,17H,3,9H2,1-2H3. The van der Waals surface area contributed by atoms with E-state index in [9.17, 15) is 18.0 Å². The average molecular weight is 363 g/mol. The van der Waals surface area contributed by atoms with Crippen molar-refractivity contribution in [2.24, 2.45) is 0 Å². The van der Waals surface area contributed by atoms with Crippen molar-refractivity contribution in [2.75, 3.05) is 6.61 Å². The highest BCUT2D eigenvalue weighted by Gasteiger charge is 2.22. The molecular formula is C18H16F3N3O2. The third kappa shape index (κ3) is 3.40. The Kier molecular flexibility index (Phi) is 4.92. The fraction of sp³-hybridized carbons (Fsp3) is 0.278. The number of ether oxygens (including phenoxy) is 1. The Morgan fingerprint density at radius 3 is 2.58 bits per heavy atom. The third-order valence-electron chi connectivity index (χ3n) is 3.87. The molecule has 0 amide bonds. The summed E-state index contributed by atoms with van der Waals surface area (Å²) in [6.45, 7) is 3.22. The van der Waals surface area contributed by atoms with Crippen molar-refractivity contribution in [3.05, 3.63) is 47.4 Å². The van der Waals surface area contributed by atoms with E-state index in [1.54, 1.807) is 13.8 Å². The third-order valence-corrected chi connectivity index (χ3v) is 3.87. The summed E-state index contributed by atoms with van der Waals surface area (Å²) < 4.78 is 46.5. The molecule has 1 aromatic carbocycles. The summed E-state index contributed by atoms with van der Waals surface area (Å²) in [5.41, 5.74) is 1.00. The summed E-state index contributed by atoms with van der Waals surface area (Å²) in [5, 5.41) is 4.37. The van der Waals surface area contributed by atoms with Crippen LogP contribution in [0.3, 0.4) is 0 Å². The van der Waals surface area contributed by atoms with Crippen molar-refractivity contribution in [3.63, 3.8) is 0 Å². The topological polar surface area (TPSA) is 57.0 Å². The molecule has 0 aliphatic heterocycles. The van der Waals surface area contributed by atoms with Gasteiger partial charge in [-0.15, -0.1) is 0 Å². The number of fused-ring (bicyclic) bond motifs is 1. The van der Waals surface area contributed by atoms with Gasteiger partial charge in [0.2, 0.25) is 0 Å². The first-order valence-electron chi connectivity index (χ1n) is 7.98. The Balaban J connectivity index is 2.19. The quantitative estimate of drug-likeness (QED) is 0.642. The molecule has 0 fully saturated rings. The smallest absolute Gasteiger partial charge is 0.327 e. The molecule has 0 N–H and O–H groups in total. The molecule has 3 rings (SSSR count). The van der Waals surface area contributed by atoms with E-state index >= 15 is 0 Å². The fourth-order valence-electron chi connectivity index (χ4n) is 2.77. The zero-order valence-corrected chi connectivity index (χ0v) is 14.2. The number of carbonyl (C=O) groups excluding carboxylic acids is 1. The van der Waals surface area contributed by atoms with Crippen LogP contribution in [0.4, 0.5) is 13.2 Å². The lowest BCUT2D eigenvalue weighted by atomic mass is 10.1. The minimum absolute atomic E-state index is 0.160. The first-order chi connectivity index (χ1) is 12.4. The number of nitrogens with zero attached hydrogens (tertiary/aromatic N) is 3. The summed E-state index contributed by atoms with van der Waals surface area (Å²) in [6, 6.07) is 6.63. The monoisotopic (exact) mass is 363 g/mol. The summed E-state index contributed by atoms with van der Waals surface area (Å²) >= 11 is 0. The number of hydrogen-bond donors (Lipinski definition) is 0. The van der Waals surface area contributed by atoms with Gasteiger partial charge >= 0.3 is 5.97 Å². The summed E-state index contributed by atoms with van der Waals surface area (Å²) in [7, 11) is 0. The molecule has 26 heavy (non-hydrogen) atoms. The molecule has 2 aromatic heterocycles. The molecule has 0 saturated carbocycles.